The lowest BCUT2D eigenvalue weighted by Crippen LogP contribution is -2.13. The van der Waals surface area contributed by atoms with E-state index in [0.717, 1.165) is 11.1 Å². The minimum atomic E-state index is -2.55. The van der Waals surface area contributed by atoms with Gasteiger partial charge in [-0.1, -0.05) is 60.7 Å². The van der Waals surface area contributed by atoms with E-state index in [4.69, 9.17) is 5.26 Å². The number of nitriles is 1. The van der Waals surface area contributed by atoms with Crippen molar-refractivity contribution in [1.82, 2.24) is 0 Å². The number of halogens is 2. The first-order valence-corrected chi connectivity index (χ1v) is 6.57. The molecule has 4 heteroatoms. The van der Waals surface area contributed by atoms with Gasteiger partial charge in [-0.15, -0.1) is 0 Å². The monoisotopic (exact) mass is 284 g/mol. The zero-order chi connectivity index (χ0) is 15.1. The summed E-state index contributed by atoms with van der Waals surface area (Å²) in [4.78, 5) is 4.25. The molecule has 0 radical (unpaired) electrons. The highest BCUT2D eigenvalue weighted by atomic mass is 19.3. The summed E-state index contributed by atoms with van der Waals surface area (Å²) in [6.45, 7) is 0. The maximum absolute atomic E-state index is 12.5. The lowest BCUT2D eigenvalue weighted by Gasteiger charge is -2.10. The molecule has 0 bridgehead atoms. The number of hydrogen-bond acceptors (Lipinski definition) is 2. The first-order valence-electron chi connectivity index (χ1n) is 6.57. The molecule has 2 aromatic carbocycles. The van der Waals surface area contributed by atoms with Gasteiger partial charge in [-0.2, -0.15) is 5.26 Å². The van der Waals surface area contributed by atoms with Gasteiger partial charge in [-0.3, -0.25) is 4.99 Å². The van der Waals surface area contributed by atoms with Gasteiger partial charge in [-0.05, 0) is 0 Å². The second-order valence-corrected chi connectivity index (χ2v) is 4.48. The lowest BCUT2D eigenvalue weighted by molar-refractivity contribution is 0.134. The van der Waals surface area contributed by atoms with E-state index in [1.165, 1.54) is 0 Å². The predicted octanol–water partition coefficient (Wildman–Crippen LogP) is 4.07. The minimum absolute atomic E-state index is 0.556. The molecule has 21 heavy (non-hydrogen) atoms. The molecule has 0 unspecified atom stereocenters. The number of hydrogen-bond donors (Lipinski definition) is 0. The van der Waals surface area contributed by atoms with Crippen molar-refractivity contribution in [1.29, 1.82) is 5.26 Å². The number of rotatable bonds is 5. The smallest absolute Gasteiger partial charge is 0.241 e. The van der Waals surface area contributed by atoms with Crippen molar-refractivity contribution in [3.05, 3.63) is 71.8 Å². The van der Waals surface area contributed by atoms with Crippen molar-refractivity contribution in [3.8, 4) is 6.07 Å². The van der Waals surface area contributed by atoms with Gasteiger partial charge in [0.1, 0.15) is 6.04 Å². The van der Waals surface area contributed by atoms with Gasteiger partial charge < -0.3 is 0 Å². The molecule has 0 aliphatic carbocycles. The number of aliphatic imine (C=N–C) groups is 1. The highest BCUT2D eigenvalue weighted by molar-refractivity contribution is 6.13. The van der Waals surface area contributed by atoms with E-state index < -0.39 is 18.9 Å². The fourth-order valence-electron chi connectivity index (χ4n) is 1.97. The van der Waals surface area contributed by atoms with Crippen LogP contribution in [-0.4, -0.2) is 18.2 Å². The molecular formula is C17H14F2N2. The maximum atomic E-state index is 12.5. The Balaban J connectivity index is 2.44. The molecule has 0 saturated carbocycles. The molecule has 2 nitrogen and oxygen atoms in total. The van der Waals surface area contributed by atoms with Crippen molar-refractivity contribution in [2.45, 2.75) is 18.9 Å². The molecular weight excluding hydrogens is 270 g/mol. The van der Waals surface area contributed by atoms with Crippen LogP contribution >= 0.6 is 0 Å². The molecule has 0 aliphatic rings. The fourth-order valence-corrected chi connectivity index (χ4v) is 1.97. The van der Waals surface area contributed by atoms with Crippen LogP contribution in [-0.2, 0) is 0 Å². The first kappa shape index (κ1) is 14.9. The summed E-state index contributed by atoms with van der Waals surface area (Å²) in [5.74, 6) is 0. The maximum Gasteiger partial charge on any atom is 0.241 e. The Morgan fingerprint density at radius 1 is 0.952 bits per heavy atom. The fraction of sp³-hybridized carbons (Fsp3) is 0.176. The summed E-state index contributed by atoms with van der Waals surface area (Å²) in [5.41, 5.74) is 2.17. The molecule has 0 amide bonds. The van der Waals surface area contributed by atoms with E-state index in [1.807, 2.05) is 66.7 Å². The Hall–Kier alpha value is -2.54. The van der Waals surface area contributed by atoms with Crippen molar-refractivity contribution in [2.24, 2.45) is 4.99 Å². The summed E-state index contributed by atoms with van der Waals surface area (Å²) >= 11 is 0. The zero-order valence-corrected chi connectivity index (χ0v) is 11.3. The van der Waals surface area contributed by atoms with Crippen LogP contribution < -0.4 is 0 Å². The second-order valence-electron chi connectivity index (χ2n) is 4.48. The molecule has 2 rings (SSSR count). The first-order chi connectivity index (χ1) is 10.2. The average molecular weight is 284 g/mol. The topological polar surface area (TPSA) is 36.1 Å². The van der Waals surface area contributed by atoms with E-state index in [-0.39, 0.29) is 0 Å². The van der Waals surface area contributed by atoms with E-state index in [0.29, 0.717) is 5.71 Å². The van der Waals surface area contributed by atoms with Gasteiger partial charge in [0.05, 0.1) is 11.8 Å². The van der Waals surface area contributed by atoms with Gasteiger partial charge in [0, 0.05) is 17.5 Å². The van der Waals surface area contributed by atoms with E-state index in [1.54, 1.807) is 0 Å². The van der Waals surface area contributed by atoms with Crippen LogP contribution in [0.25, 0.3) is 0 Å². The molecule has 0 aromatic heterocycles. The Labute approximate surface area is 122 Å². The van der Waals surface area contributed by atoms with Crippen LogP contribution in [0.4, 0.5) is 8.78 Å². The predicted molar refractivity (Wildman–Crippen MR) is 78.5 cm³/mol. The van der Waals surface area contributed by atoms with Crippen molar-refractivity contribution in [2.75, 3.05) is 0 Å². The van der Waals surface area contributed by atoms with Crippen LogP contribution in [0, 0.1) is 11.3 Å². The Bertz CT molecular complexity index is 589. The highest BCUT2D eigenvalue weighted by Gasteiger charge is 2.16. The third kappa shape index (κ3) is 4.22. The van der Waals surface area contributed by atoms with E-state index in [9.17, 15) is 8.78 Å². The lowest BCUT2D eigenvalue weighted by atomic mass is 10.0. The molecule has 0 N–H and O–H groups in total. The van der Waals surface area contributed by atoms with Crippen LogP contribution in [0.1, 0.15) is 17.5 Å². The normalized spacial score (nSPS) is 11.7. The molecule has 2 aromatic rings. The molecule has 0 spiro atoms. The van der Waals surface area contributed by atoms with Gasteiger partial charge >= 0.3 is 0 Å². The van der Waals surface area contributed by atoms with Crippen molar-refractivity contribution >= 4 is 5.71 Å². The Kier molecular flexibility index (Phi) is 5.16. The standard InChI is InChI=1S/C17H14F2N2/c18-16(19)11-15(12-20)21-17(13-7-3-1-4-8-13)14-9-5-2-6-10-14/h1-10,15-16H,11H2/t15-/m0/s1. The van der Waals surface area contributed by atoms with Crippen LogP contribution in [0.15, 0.2) is 65.7 Å². The van der Waals surface area contributed by atoms with Gasteiger partial charge in [0.2, 0.25) is 6.43 Å². The molecule has 106 valence electrons. The molecule has 0 saturated heterocycles. The quantitative estimate of drug-likeness (QED) is 0.762. The highest BCUT2D eigenvalue weighted by Crippen LogP contribution is 2.15. The van der Waals surface area contributed by atoms with Gasteiger partial charge in [0.25, 0.3) is 0 Å². The Morgan fingerprint density at radius 2 is 1.43 bits per heavy atom. The number of nitrogens with zero attached hydrogens (tertiary/aromatic N) is 2. The SMILES string of the molecule is N#C[C@H](CC(F)F)N=C(c1ccccc1)c1ccccc1. The van der Waals surface area contributed by atoms with E-state index >= 15 is 0 Å². The summed E-state index contributed by atoms with van der Waals surface area (Å²) in [6, 6.07) is 19.3. The molecule has 0 aliphatic heterocycles. The minimum Gasteiger partial charge on any atom is -0.265 e. The Morgan fingerprint density at radius 3 is 1.81 bits per heavy atom. The zero-order valence-electron chi connectivity index (χ0n) is 11.3. The molecule has 0 fully saturated rings. The summed E-state index contributed by atoms with van der Waals surface area (Å²) in [7, 11) is 0. The van der Waals surface area contributed by atoms with Crippen molar-refractivity contribution < 1.29 is 8.78 Å². The van der Waals surface area contributed by atoms with Gasteiger partial charge in [0.15, 0.2) is 0 Å². The molecule has 0 heterocycles. The van der Waals surface area contributed by atoms with Crippen LogP contribution in [0.3, 0.4) is 0 Å². The van der Waals surface area contributed by atoms with Crippen LogP contribution in [0.5, 0.6) is 0 Å². The summed E-state index contributed by atoms with van der Waals surface area (Å²) in [6.07, 6.45) is -3.11. The number of benzene rings is 2. The summed E-state index contributed by atoms with van der Waals surface area (Å²) < 4.78 is 25.0. The molecule has 1 atom stereocenters. The van der Waals surface area contributed by atoms with Crippen molar-refractivity contribution in [3.63, 3.8) is 0 Å². The van der Waals surface area contributed by atoms with E-state index in [2.05, 4.69) is 4.99 Å². The third-order valence-electron chi connectivity index (χ3n) is 2.93. The third-order valence-corrected chi connectivity index (χ3v) is 2.93. The summed E-state index contributed by atoms with van der Waals surface area (Å²) in [5, 5.41) is 9.03. The second kappa shape index (κ2) is 7.30. The van der Waals surface area contributed by atoms with Gasteiger partial charge in [-0.25, -0.2) is 8.78 Å². The van der Waals surface area contributed by atoms with Crippen LogP contribution in [0.2, 0.25) is 0 Å². The number of alkyl halides is 2. The average Bonchev–Trinajstić information content (AvgIpc) is 2.52. The largest absolute Gasteiger partial charge is 0.265 e.